The standard InChI is InChI=1S/C24H29N3O3S2/c1-18-7-8-23(19(2)15-18)32(29,30)27-12-9-20(10-13-27)24(28)26-11-14-31-17-22-6-4-3-5-21(22)16-25/h3-8,15,20H,9-14,17H2,1-2H3,(H,26,28). The molecule has 2 aromatic rings. The lowest BCUT2D eigenvalue weighted by Gasteiger charge is -2.31. The highest BCUT2D eigenvalue weighted by Gasteiger charge is 2.32. The number of thioether (sulfide) groups is 1. The Balaban J connectivity index is 1.43. The van der Waals surface area contributed by atoms with E-state index < -0.39 is 10.0 Å². The van der Waals surface area contributed by atoms with Gasteiger partial charge in [0.2, 0.25) is 15.9 Å². The summed E-state index contributed by atoms with van der Waals surface area (Å²) in [4.78, 5) is 12.9. The van der Waals surface area contributed by atoms with Crippen LogP contribution in [-0.4, -0.2) is 44.0 Å². The zero-order valence-corrected chi connectivity index (χ0v) is 20.1. The summed E-state index contributed by atoms with van der Waals surface area (Å²) in [6.07, 6.45) is 1.05. The van der Waals surface area contributed by atoms with Gasteiger partial charge in [-0.1, -0.05) is 35.9 Å². The van der Waals surface area contributed by atoms with Gasteiger partial charge < -0.3 is 5.32 Å². The molecule has 1 saturated heterocycles. The molecule has 1 aliphatic rings. The molecule has 1 N–H and O–H groups in total. The molecule has 2 aromatic carbocycles. The van der Waals surface area contributed by atoms with Crippen molar-refractivity contribution in [3.63, 3.8) is 0 Å². The molecule has 0 saturated carbocycles. The van der Waals surface area contributed by atoms with E-state index in [1.165, 1.54) is 4.31 Å². The van der Waals surface area contributed by atoms with E-state index in [4.69, 9.17) is 5.26 Å². The Bertz CT molecular complexity index is 1100. The minimum Gasteiger partial charge on any atom is -0.355 e. The van der Waals surface area contributed by atoms with Gasteiger partial charge in [0.15, 0.2) is 0 Å². The molecular weight excluding hydrogens is 442 g/mol. The van der Waals surface area contributed by atoms with E-state index in [9.17, 15) is 13.2 Å². The molecule has 6 nitrogen and oxygen atoms in total. The van der Waals surface area contributed by atoms with Crippen LogP contribution in [0.25, 0.3) is 0 Å². The molecule has 32 heavy (non-hydrogen) atoms. The molecule has 1 amide bonds. The Kier molecular flexibility index (Phi) is 8.35. The molecule has 0 spiro atoms. The molecule has 0 radical (unpaired) electrons. The first kappa shape index (κ1) is 24.3. The molecule has 1 aliphatic heterocycles. The van der Waals surface area contributed by atoms with Crippen LogP contribution in [0, 0.1) is 31.1 Å². The second-order valence-electron chi connectivity index (χ2n) is 8.06. The smallest absolute Gasteiger partial charge is 0.243 e. The maximum absolute atomic E-state index is 13.0. The van der Waals surface area contributed by atoms with Crippen molar-refractivity contribution in [3.05, 3.63) is 64.7 Å². The van der Waals surface area contributed by atoms with Gasteiger partial charge in [-0.15, -0.1) is 0 Å². The van der Waals surface area contributed by atoms with Crippen molar-refractivity contribution in [2.75, 3.05) is 25.4 Å². The number of piperidine rings is 1. The fourth-order valence-electron chi connectivity index (χ4n) is 3.91. The van der Waals surface area contributed by atoms with E-state index in [1.54, 1.807) is 17.8 Å². The highest BCUT2D eigenvalue weighted by atomic mass is 32.2. The normalized spacial score (nSPS) is 15.3. The molecule has 0 bridgehead atoms. The summed E-state index contributed by atoms with van der Waals surface area (Å²) in [7, 11) is -3.54. The summed E-state index contributed by atoms with van der Waals surface area (Å²) in [5.74, 6) is 1.32. The monoisotopic (exact) mass is 471 g/mol. The van der Waals surface area contributed by atoms with Crippen molar-refractivity contribution >= 4 is 27.7 Å². The Hall–Kier alpha value is -2.34. The fourth-order valence-corrected chi connectivity index (χ4v) is 6.45. The van der Waals surface area contributed by atoms with Gasteiger partial charge in [-0.25, -0.2) is 8.42 Å². The van der Waals surface area contributed by atoms with Gasteiger partial charge in [0.05, 0.1) is 16.5 Å². The Labute approximate surface area is 195 Å². The van der Waals surface area contributed by atoms with Crippen molar-refractivity contribution in [3.8, 4) is 6.07 Å². The molecule has 0 atom stereocenters. The summed E-state index contributed by atoms with van der Waals surface area (Å²) < 4.78 is 27.5. The molecule has 3 rings (SSSR count). The maximum Gasteiger partial charge on any atom is 0.243 e. The highest BCUT2D eigenvalue weighted by Crippen LogP contribution is 2.26. The minimum atomic E-state index is -3.54. The van der Waals surface area contributed by atoms with Crippen molar-refractivity contribution in [2.24, 2.45) is 5.92 Å². The number of amides is 1. The average Bonchev–Trinajstić information content (AvgIpc) is 2.78. The Morgan fingerprint density at radius 1 is 1.19 bits per heavy atom. The van der Waals surface area contributed by atoms with Crippen LogP contribution in [0.4, 0.5) is 0 Å². The zero-order valence-electron chi connectivity index (χ0n) is 18.5. The average molecular weight is 472 g/mol. The number of sulfonamides is 1. The van der Waals surface area contributed by atoms with Gasteiger partial charge in [-0.3, -0.25) is 4.79 Å². The first-order valence-electron chi connectivity index (χ1n) is 10.7. The molecule has 1 heterocycles. The first-order chi connectivity index (χ1) is 15.3. The summed E-state index contributed by atoms with van der Waals surface area (Å²) in [5, 5.41) is 12.1. The molecule has 0 aliphatic carbocycles. The number of benzene rings is 2. The number of aryl methyl sites for hydroxylation is 2. The Morgan fingerprint density at radius 2 is 1.91 bits per heavy atom. The van der Waals surface area contributed by atoms with E-state index in [-0.39, 0.29) is 11.8 Å². The summed E-state index contributed by atoms with van der Waals surface area (Å²) in [5.41, 5.74) is 3.47. The molecule has 0 unspecified atom stereocenters. The molecule has 0 aromatic heterocycles. The third-order valence-electron chi connectivity index (χ3n) is 5.71. The quantitative estimate of drug-likeness (QED) is 0.594. The minimum absolute atomic E-state index is 0.00779. The number of nitrogens with one attached hydrogen (secondary N) is 1. The van der Waals surface area contributed by atoms with Crippen molar-refractivity contribution < 1.29 is 13.2 Å². The van der Waals surface area contributed by atoms with E-state index in [0.29, 0.717) is 42.9 Å². The van der Waals surface area contributed by atoms with Gasteiger partial charge in [0.25, 0.3) is 0 Å². The maximum atomic E-state index is 13.0. The Morgan fingerprint density at radius 3 is 2.59 bits per heavy atom. The summed E-state index contributed by atoms with van der Waals surface area (Å²) in [6.45, 7) is 5.02. The van der Waals surface area contributed by atoms with Gasteiger partial charge >= 0.3 is 0 Å². The lowest BCUT2D eigenvalue weighted by molar-refractivity contribution is -0.125. The lowest BCUT2D eigenvalue weighted by atomic mass is 9.97. The van der Waals surface area contributed by atoms with Gasteiger partial charge in [0.1, 0.15) is 0 Å². The number of nitriles is 1. The van der Waals surface area contributed by atoms with Crippen LogP contribution in [0.15, 0.2) is 47.4 Å². The number of hydrogen-bond donors (Lipinski definition) is 1. The molecule has 170 valence electrons. The fraction of sp³-hybridized carbons (Fsp3) is 0.417. The van der Waals surface area contributed by atoms with E-state index >= 15 is 0 Å². The van der Waals surface area contributed by atoms with Crippen LogP contribution < -0.4 is 5.32 Å². The number of carbonyl (C=O) groups excluding carboxylic acids is 1. The number of carbonyl (C=O) groups is 1. The van der Waals surface area contributed by atoms with Crippen LogP contribution in [0.5, 0.6) is 0 Å². The van der Waals surface area contributed by atoms with Gasteiger partial charge in [0, 0.05) is 37.1 Å². The van der Waals surface area contributed by atoms with Crippen LogP contribution in [0.3, 0.4) is 0 Å². The lowest BCUT2D eigenvalue weighted by Crippen LogP contribution is -2.43. The molecule has 8 heteroatoms. The topological polar surface area (TPSA) is 90.3 Å². The van der Waals surface area contributed by atoms with Crippen LogP contribution in [-0.2, 0) is 20.6 Å². The van der Waals surface area contributed by atoms with Crippen molar-refractivity contribution in [1.29, 1.82) is 5.26 Å². The zero-order chi connectivity index (χ0) is 23.1. The summed E-state index contributed by atoms with van der Waals surface area (Å²) in [6, 6.07) is 15.1. The number of nitrogens with zero attached hydrogens (tertiary/aromatic N) is 2. The first-order valence-corrected chi connectivity index (χ1v) is 13.3. The van der Waals surface area contributed by atoms with Crippen molar-refractivity contribution in [2.45, 2.75) is 37.3 Å². The third-order valence-corrected chi connectivity index (χ3v) is 8.78. The van der Waals surface area contributed by atoms with Crippen molar-refractivity contribution in [1.82, 2.24) is 9.62 Å². The van der Waals surface area contributed by atoms with Gasteiger partial charge in [-0.2, -0.15) is 21.3 Å². The summed E-state index contributed by atoms with van der Waals surface area (Å²) >= 11 is 1.67. The highest BCUT2D eigenvalue weighted by molar-refractivity contribution is 7.98. The van der Waals surface area contributed by atoms with Crippen LogP contribution in [0.1, 0.15) is 35.1 Å². The van der Waals surface area contributed by atoms with Gasteiger partial charge in [-0.05, 0) is 49.9 Å². The number of hydrogen-bond acceptors (Lipinski definition) is 5. The molecule has 1 fully saturated rings. The van der Waals surface area contributed by atoms with Crippen LogP contribution >= 0.6 is 11.8 Å². The largest absolute Gasteiger partial charge is 0.355 e. The predicted molar refractivity (Wildman–Crippen MR) is 128 cm³/mol. The second kappa shape index (κ2) is 11.0. The van der Waals surface area contributed by atoms with E-state index in [1.807, 2.05) is 50.2 Å². The SMILES string of the molecule is Cc1ccc(S(=O)(=O)N2CCC(C(=O)NCCSCc3ccccc3C#N)CC2)c(C)c1. The third kappa shape index (κ3) is 5.91. The van der Waals surface area contributed by atoms with Crippen LogP contribution in [0.2, 0.25) is 0 Å². The molecular formula is C24H29N3O3S2. The van der Waals surface area contributed by atoms with E-state index in [2.05, 4.69) is 11.4 Å². The second-order valence-corrected chi connectivity index (χ2v) is 11.1. The van der Waals surface area contributed by atoms with E-state index in [0.717, 1.165) is 28.2 Å². The predicted octanol–water partition coefficient (Wildman–Crippen LogP) is 3.63. The number of rotatable bonds is 8.